The molecule has 0 atom stereocenters. The van der Waals surface area contributed by atoms with Gasteiger partial charge in [0.05, 0.1) is 0 Å². The van der Waals surface area contributed by atoms with E-state index in [-0.39, 0.29) is 55.5 Å². The Balaban J connectivity index is 0. The zero-order valence-electron chi connectivity index (χ0n) is 20.2. The fraction of sp³-hybridized carbons (Fsp3) is 0.308. The molecule has 0 radical (unpaired) electrons. The van der Waals surface area contributed by atoms with Gasteiger partial charge in [-0.3, -0.25) is 4.21 Å². The van der Waals surface area contributed by atoms with E-state index in [1.807, 2.05) is 0 Å². The molecule has 1 aliphatic carbocycles. The van der Waals surface area contributed by atoms with Gasteiger partial charge in [0.15, 0.2) is 0 Å². The average molecular weight is 624 g/mol. The summed E-state index contributed by atoms with van der Waals surface area (Å²) in [7, 11) is -1.06. The van der Waals surface area contributed by atoms with Gasteiger partial charge in [-0.2, -0.15) is 0 Å². The molecule has 35 heavy (non-hydrogen) atoms. The van der Waals surface area contributed by atoms with Gasteiger partial charge in [-0.1, -0.05) is 91.0 Å². The normalized spacial score (nSPS) is 18.3. The summed E-state index contributed by atoms with van der Waals surface area (Å²) in [6.07, 6.45) is 6.09. The fourth-order valence-electron chi connectivity index (χ4n) is 3.63. The van der Waals surface area contributed by atoms with E-state index in [2.05, 4.69) is 91.0 Å². The van der Waals surface area contributed by atoms with Crippen LogP contribution in [0.15, 0.2) is 91.0 Å². The number of hydrogen-bond acceptors (Lipinski definition) is 4. The average Bonchev–Trinajstić information content (AvgIpc) is 2.75. The minimum Gasteiger partial charge on any atom is -1.00 e. The van der Waals surface area contributed by atoms with Crippen LogP contribution in [0.3, 0.4) is 0 Å². The van der Waals surface area contributed by atoms with E-state index in [1.165, 1.54) is 15.9 Å². The van der Waals surface area contributed by atoms with Gasteiger partial charge in [0, 0.05) is 41.4 Å². The molecule has 5 nitrogen and oxygen atoms in total. The molecule has 4 rings (SSSR count). The second kappa shape index (κ2) is 20.1. The number of hydrogen-bond donors (Lipinski definition) is 3. The Morgan fingerprint density at radius 1 is 0.629 bits per heavy atom. The maximum absolute atomic E-state index is 9.56. The first-order chi connectivity index (χ1) is 15.4. The van der Waals surface area contributed by atoms with Crippen LogP contribution in [0.1, 0.15) is 19.3 Å². The first kappa shape index (κ1) is 36.2. The Bertz CT molecular complexity index is 807. The molecule has 0 heterocycles. The molecule has 1 fully saturated rings. The van der Waals surface area contributed by atoms with Crippen LogP contribution in [0.25, 0.3) is 0 Å². The van der Waals surface area contributed by atoms with Gasteiger partial charge in [0.25, 0.3) is 0 Å². The smallest absolute Gasteiger partial charge is 1.00 e. The maximum atomic E-state index is 9.56. The van der Waals surface area contributed by atoms with E-state index in [4.69, 9.17) is 17.2 Å². The molecule has 1 aliphatic rings. The van der Waals surface area contributed by atoms with Crippen molar-refractivity contribution in [2.24, 2.45) is 17.2 Å². The molecule has 0 amide bonds. The van der Waals surface area contributed by atoms with Crippen molar-refractivity contribution >= 4 is 34.6 Å². The summed E-state index contributed by atoms with van der Waals surface area (Å²) in [5, 5.41) is 4.19. The summed E-state index contributed by atoms with van der Waals surface area (Å²) in [6, 6.07) is 33.0. The van der Waals surface area contributed by atoms with Crippen molar-refractivity contribution < 1.29 is 41.6 Å². The van der Waals surface area contributed by atoms with E-state index in [9.17, 15) is 4.21 Å². The molecule has 0 saturated heterocycles. The van der Waals surface area contributed by atoms with E-state index < -0.39 is 18.7 Å². The fourth-order valence-corrected chi connectivity index (χ4v) is 5.94. The van der Waals surface area contributed by atoms with Crippen LogP contribution in [-0.4, -0.2) is 40.3 Å². The SMILES string of the molecule is CS(C)=O.NC1CC(N)CC(N)C1.O.[Cl-].[Ru+2].c1ccc(P(c2ccccc2)c2ccccc2)cc1. The van der Waals surface area contributed by atoms with E-state index >= 15 is 0 Å². The van der Waals surface area contributed by atoms with Gasteiger partial charge in [-0.25, -0.2) is 0 Å². The molecule has 0 spiro atoms. The molecular weight excluding hydrogens is 586 g/mol. The van der Waals surface area contributed by atoms with Crippen molar-refractivity contribution in [3.05, 3.63) is 91.0 Å². The number of rotatable bonds is 3. The Kier molecular flexibility index (Phi) is 20.8. The third-order valence-corrected chi connectivity index (χ3v) is 7.30. The molecule has 194 valence electrons. The van der Waals surface area contributed by atoms with Crippen molar-refractivity contribution in [3.63, 3.8) is 0 Å². The summed E-state index contributed by atoms with van der Waals surface area (Å²) in [5.74, 6) is 0. The monoisotopic (exact) mass is 624 g/mol. The minimum absolute atomic E-state index is 0. The number of benzene rings is 3. The van der Waals surface area contributed by atoms with Crippen LogP contribution < -0.4 is 45.5 Å². The molecule has 0 bridgehead atoms. The van der Waals surface area contributed by atoms with E-state index in [0.29, 0.717) is 0 Å². The third kappa shape index (κ3) is 14.4. The predicted molar refractivity (Wildman–Crippen MR) is 147 cm³/mol. The molecule has 8 N–H and O–H groups in total. The molecular formula is C26H38ClN3O2PRuS+. The van der Waals surface area contributed by atoms with Gasteiger partial charge in [0.1, 0.15) is 0 Å². The Morgan fingerprint density at radius 2 is 0.829 bits per heavy atom. The Hall–Kier alpha value is -1.01. The zero-order chi connectivity index (χ0) is 23.3. The largest absolute Gasteiger partial charge is 2.00 e. The van der Waals surface area contributed by atoms with Crippen LogP contribution in [0.2, 0.25) is 0 Å². The summed E-state index contributed by atoms with van der Waals surface area (Å²) in [5.41, 5.74) is 17.0. The quantitative estimate of drug-likeness (QED) is 0.250. The van der Waals surface area contributed by atoms with Gasteiger partial charge in [0.2, 0.25) is 0 Å². The Morgan fingerprint density at radius 3 is 1.03 bits per heavy atom. The van der Waals surface area contributed by atoms with Gasteiger partial charge >= 0.3 is 19.5 Å². The van der Waals surface area contributed by atoms with Crippen molar-refractivity contribution in [2.45, 2.75) is 37.4 Å². The van der Waals surface area contributed by atoms with Crippen molar-refractivity contribution in [1.82, 2.24) is 0 Å². The molecule has 9 heteroatoms. The standard InChI is InChI=1S/C18H15P.C6H15N3.C2H6OS.ClH.H2O.Ru/c1-4-10-16(11-5-1)19(17-12-6-2-7-13-17)18-14-8-3-9-15-18;7-4-1-5(8)3-6(9)2-4;1-4(2)3;;;/h1-15H;4-6H,1-3,7-9H2;1-2H3;1H;1H2;/q;;;;;+2/p-1. The molecule has 3 aromatic rings. The predicted octanol–water partition coefficient (Wildman–Crippen LogP) is -1.23. The van der Waals surface area contributed by atoms with Gasteiger partial charge < -0.3 is 35.1 Å². The van der Waals surface area contributed by atoms with Crippen LogP contribution >= 0.6 is 7.92 Å². The van der Waals surface area contributed by atoms with E-state index in [0.717, 1.165) is 19.3 Å². The first-order valence-corrected chi connectivity index (χ1v) is 14.1. The maximum Gasteiger partial charge on any atom is 2.00 e. The number of halogens is 1. The second-order valence-electron chi connectivity index (χ2n) is 8.07. The molecule has 1 saturated carbocycles. The summed E-state index contributed by atoms with van der Waals surface area (Å²) >= 11 is 0. The van der Waals surface area contributed by atoms with Gasteiger partial charge in [-0.15, -0.1) is 0 Å². The first-order valence-electron chi connectivity index (χ1n) is 10.8. The van der Waals surface area contributed by atoms with Crippen LogP contribution in [0.4, 0.5) is 0 Å². The van der Waals surface area contributed by atoms with Crippen molar-refractivity contribution in [1.29, 1.82) is 0 Å². The van der Waals surface area contributed by atoms with Gasteiger partial charge in [-0.05, 0) is 43.1 Å². The van der Waals surface area contributed by atoms with Crippen LogP contribution in [0.5, 0.6) is 0 Å². The second-order valence-corrected chi connectivity index (χ2v) is 11.8. The Labute approximate surface area is 233 Å². The molecule has 0 aliphatic heterocycles. The molecule has 0 unspecified atom stereocenters. The van der Waals surface area contributed by atoms with E-state index in [1.54, 1.807) is 12.5 Å². The van der Waals surface area contributed by atoms with Crippen LogP contribution in [0, 0.1) is 0 Å². The summed E-state index contributed by atoms with van der Waals surface area (Å²) < 4.78 is 9.56. The minimum atomic E-state index is -0.611. The zero-order valence-corrected chi connectivity index (χ0v) is 24.4. The third-order valence-electron chi connectivity index (χ3n) is 4.86. The molecule has 0 aromatic heterocycles. The topological polar surface area (TPSA) is 127 Å². The molecule has 3 aromatic carbocycles. The van der Waals surface area contributed by atoms with Crippen molar-refractivity contribution in [3.8, 4) is 0 Å². The van der Waals surface area contributed by atoms with Crippen molar-refractivity contribution in [2.75, 3.05) is 12.5 Å². The number of nitrogens with two attached hydrogens (primary N) is 3. The summed E-state index contributed by atoms with van der Waals surface area (Å²) in [4.78, 5) is 0. The summed E-state index contributed by atoms with van der Waals surface area (Å²) in [6.45, 7) is 0. The van der Waals surface area contributed by atoms with Crippen LogP contribution in [-0.2, 0) is 30.3 Å².